The number of hydrogen-bond acceptors (Lipinski definition) is 4. The molecule has 6 nitrogen and oxygen atoms in total. The Labute approximate surface area is 122 Å². The lowest BCUT2D eigenvalue weighted by Crippen LogP contribution is -2.26. The van der Waals surface area contributed by atoms with Gasteiger partial charge in [-0.2, -0.15) is 5.10 Å². The Bertz CT molecular complexity index is 665. The van der Waals surface area contributed by atoms with Gasteiger partial charge in [0.25, 0.3) is 5.91 Å². The summed E-state index contributed by atoms with van der Waals surface area (Å²) in [6, 6.07) is 3.31. The average Bonchev–Trinajstić information content (AvgIpc) is 2.91. The monoisotopic (exact) mass is 284 g/mol. The van der Waals surface area contributed by atoms with Crippen LogP contribution in [0.5, 0.6) is 0 Å². The second kappa shape index (κ2) is 7.22. The first-order chi connectivity index (χ1) is 10.2. The Kier molecular flexibility index (Phi) is 5.07. The van der Waals surface area contributed by atoms with Crippen molar-refractivity contribution < 1.29 is 9.90 Å². The Hall–Kier alpha value is -2.65. The van der Waals surface area contributed by atoms with Crippen LogP contribution in [0.15, 0.2) is 30.7 Å². The molecule has 2 aromatic heterocycles. The van der Waals surface area contributed by atoms with E-state index >= 15 is 0 Å². The van der Waals surface area contributed by atoms with Crippen molar-refractivity contribution in [1.29, 1.82) is 0 Å². The fraction of sp³-hybridized carbons (Fsp3) is 0.267. The van der Waals surface area contributed by atoms with Crippen molar-refractivity contribution in [3.05, 3.63) is 47.5 Å². The highest BCUT2D eigenvalue weighted by atomic mass is 16.2. The number of amides is 1. The van der Waals surface area contributed by atoms with Gasteiger partial charge >= 0.3 is 0 Å². The summed E-state index contributed by atoms with van der Waals surface area (Å²) in [6.07, 6.45) is 5.93. The minimum absolute atomic E-state index is 0.198. The molecule has 0 bridgehead atoms. The van der Waals surface area contributed by atoms with Gasteiger partial charge in [0.1, 0.15) is 12.3 Å². The van der Waals surface area contributed by atoms with Crippen LogP contribution in [-0.4, -0.2) is 38.9 Å². The van der Waals surface area contributed by atoms with Crippen LogP contribution in [-0.2, 0) is 13.5 Å². The maximum absolute atomic E-state index is 11.9. The van der Waals surface area contributed by atoms with E-state index in [1.54, 1.807) is 23.0 Å². The lowest BCUT2D eigenvalue weighted by molar-refractivity contribution is 0.0949. The molecular formula is C15H16N4O2. The fourth-order valence-corrected chi connectivity index (χ4v) is 1.76. The van der Waals surface area contributed by atoms with Gasteiger partial charge in [-0.25, -0.2) is 4.98 Å². The molecule has 2 heterocycles. The number of nitrogens with one attached hydrogen (secondary N) is 1. The van der Waals surface area contributed by atoms with Gasteiger partial charge < -0.3 is 10.4 Å². The fourth-order valence-electron chi connectivity index (χ4n) is 1.76. The van der Waals surface area contributed by atoms with Gasteiger partial charge in [0.15, 0.2) is 0 Å². The first-order valence-corrected chi connectivity index (χ1v) is 6.50. The maximum atomic E-state index is 11.9. The molecule has 0 aliphatic carbocycles. The summed E-state index contributed by atoms with van der Waals surface area (Å²) in [5, 5.41) is 15.5. The molecule has 0 aliphatic heterocycles. The minimum atomic E-state index is -0.222. The van der Waals surface area contributed by atoms with Gasteiger partial charge in [0.2, 0.25) is 0 Å². The zero-order valence-corrected chi connectivity index (χ0v) is 11.7. The van der Waals surface area contributed by atoms with Crippen molar-refractivity contribution >= 4 is 5.91 Å². The van der Waals surface area contributed by atoms with Crippen LogP contribution < -0.4 is 5.32 Å². The van der Waals surface area contributed by atoms with Crippen LogP contribution in [0, 0.1) is 11.8 Å². The molecule has 0 aliphatic rings. The quantitative estimate of drug-likeness (QED) is 0.782. The second-order valence-electron chi connectivity index (χ2n) is 4.42. The summed E-state index contributed by atoms with van der Waals surface area (Å²) < 4.78 is 1.73. The van der Waals surface area contributed by atoms with Crippen molar-refractivity contribution in [3.8, 4) is 11.8 Å². The van der Waals surface area contributed by atoms with E-state index in [-0.39, 0.29) is 12.5 Å². The number of nitrogens with zero attached hydrogens (tertiary/aromatic N) is 3. The van der Waals surface area contributed by atoms with Gasteiger partial charge in [-0.15, -0.1) is 0 Å². The lowest BCUT2D eigenvalue weighted by atomic mass is 10.2. The van der Waals surface area contributed by atoms with Crippen molar-refractivity contribution in [1.82, 2.24) is 20.1 Å². The Morgan fingerprint density at radius 1 is 1.43 bits per heavy atom. The SMILES string of the molecule is Cn1cc(CCNC(=O)c2ccc(C#CCO)cn2)cn1. The molecule has 6 heteroatoms. The topological polar surface area (TPSA) is 80.0 Å². The maximum Gasteiger partial charge on any atom is 0.269 e. The Morgan fingerprint density at radius 2 is 2.29 bits per heavy atom. The van der Waals surface area contributed by atoms with Crippen LogP contribution in [0.25, 0.3) is 0 Å². The zero-order chi connectivity index (χ0) is 15.1. The van der Waals surface area contributed by atoms with Crippen molar-refractivity contribution in [2.45, 2.75) is 6.42 Å². The van der Waals surface area contributed by atoms with Crippen LogP contribution >= 0.6 is 0 Å². The Morgan fingerprint density at radius 3 is 2.90 bits per heavy atom. The second-order valence-corrected chi connectivity index (χ2v) is 4.42. The van der Waals surface area contributed by atoms with Gasteiger partial charge in [-0.3, -0.25) is 9.48 Å². The summed E-state index contributed by atoms with van der Waals surface area (Å²) >= 11 is 0. The van der Waals surface area contributed by atoms with Crippen LogP contribution in [0.2, 0.25) is 0 Å². The first kappa shape index (κ1) is 14.8. The molecule has 21 heavy (non-hydrogen) atoms. The van der Waals surface area contributed by atoms with E-state index in [2.05, 4.69) is 27.2 Å². The number of aromatic nitrogens is 3. The number of aliphatic hydroxyl groups is 1. The molecule has 2 aromatic rings. The first-order valence-electron chi connectivity index (χ1n) is 6.50. The third kappa shape index (κ3) is 4.44. The molecule has 0 saturated heterocycles. The predicted molar refractivity (Wildman–Crippen MR) is 77.4 cm³/mol. The smallest absolute Gasteiger partial charge is 0.269 e. The van der Waals surface area contributed by atoms with Crippen LogP contribution in [0.3, 0.4) is 0 Å². The molecule has 0 fully saturated rings. The normalized spacial score (nSPS) is 9.81. The Balaban J connectivity index is 1.85. The third-order valence-electron chi connectivity index (χ3n) is 2.77. The number of carbonyl (C=O) groups excluding carboxylic acids is 1. The van der Waals surface area contributed by atoms with Gasteiger partial charge in [-0.1, -0.05) is 11.8 Å². The van der Waals surface area contributed by atoms with Gasteiger partial charge in [-0.05, 0) is 24.1 Å². The minimum Gasteiger partial charge on any atom is -0.384 e. The van der Waals surface area contributed by atoms with Crippen LogP contribution in [0.4, 0.5) is 0 Å². The number of aryl methyl sites for hydroxylation is 1. The highest BCUT2D eigenvalue weighted by molar-refractivity contribution is 5.92. The summed E-state index contributed by atoms with van der Waals surface area (Å²) in [6.45, 7) is 0.328. The van der Waals surface area contributed by atoms with E-state index in [0.717, 1.165) is 12.0 Å². The molecular weight excluding hydrogens is 268 g/mol. The van der Waals surface area contributed by atoms with E-state index in [1.165, 1.54) is 6.20 Å². The van der Waals surface area contributed by atoms with E-state index in [0.29, 0.717) is 17.8 Å². The molecule has 2 rings (SSSR count). The van der Waals surface area contributed by atoms with E-state index in [4.69, 9.17) is 5.11 Å². The number of hydrogen-bond donors (Lipinski definition) is 2. The molecule has 0 unspecified atom stereocenters. The largest absolute Gasteiger partial charge is 0.384 e. The number of rotatable bonds is 4. The third-order valence-corrected chi connectivity index (χ3v) is 2.77. The zero-order valence-electron chi connectivity index (χ0n) is 11.7. The molecule has 0 spiro atoms. The average molecular weight is 284 g/mol. The van der Waals surface area contributed by atoms with Crippen molar-refractivity contribution in [2.24, 2.45) is 7.05 Å². The molecule has 1 amide bonds. The summed E-state index contributed by atoms with van der Waals surface area (Å²) in [5.41, 5.74) is 2.08. The van der Waals surface area contributed by atoms with E-state index in [1.807, 2.05) is 13.2 Å². The molecule has 2 N–H and O–H groups in total. The number of aliphatic hydroxyl groups excluding tert-OH is 1. The van der Waals surface area contributed by atoms with Crippen molar-refractivity contribution in [3.63, 3.8) is 0 Å². The van der Waals surface area contributed by atoms with Crippen LogP contribution in [0.1, 0.15) is 21.6 Å². The number of carbonyl (C=O) groups is 1. The highest BCUT2D eigenvalue weighted by Crippen LogP contribution is 2.00. The molecule has 0 atom stereocenters. The predicted octanol–water partition coefficient (Wildman–Crippen LogP) is 0.131. The lowest BCUT2D eigenvalue weighted by Gasteiger charge is -2.03. The van der Waals surface area contributed by atoms with E-state index < -0.39 is 0 Å². The summed E-state index contributed by atoms with van der Waals surface area (Å²) in [5.74, 6) is 5.03. The highest BCUT2D eigenvalue weighted by Gasteiger charge is 2.06. The molecule has 0 aromatic carbocycles. The van der Waals surface area contributed by atoms with Gasteiger partial charge in [0.05, 0.1) is 6.20 Å². The molecule has 108 valence electrons. The standard InChI is InChI=1S/C15H16N4O2/c1-19-11-13(10-18-19)6-7-16-15(21)14-5-4-12(9-17-14)3-2-8-20/h4-5,9-11,20H,6-8H2,1H3,(H,16,21). The summed E-state index contributed by atoms with van der Waals surface area (Å²) in [7, 11) is 1.85. The van der Waals surface area contributed by atoms with Gasteiger partial charge in [0, 0.05) is 31.5 Å². The molecule has 0 saturated carbocycles. The molecule has 0 radical (unpaired) electrons. The summed E-state index contributed by atoms with van der Waals surface area (Å²) in [4.78, 5) is 15.9. The van der Waals surface area contributed by atoms with Crippen molar-refractivity contribution in [2.75, 3.05) is 13.2 Å². The number of pyridine rings is 1. The van der Waals surface area contributed by atoms with E-state index in [9.17, 15) is 4.79 Å².